The van der Waals surface area contributed by atoms with Crippen molar-refractivity contribution < 1.29 is 56.2 Å². The molecule has 22 heteroatoms. The van der Waals surface area contributed by atoms with E-state index in [2.05, 4.69) is 31.3 Å². The third kappa shape index (κ3) is 17.9. The minimum Gasteiger partial charge on any atom is -0.449 e. The van der Waals surface area contributed by atoms with E-state index in [4.69, 9.17) is 15.2 Å². The van der Waals surface area contributed by atoms with Gasteiger partial charge in [0.2, 0.25) is 23.6 Å². The number of nitrogens with two attached hydrogens (primary N) is 1. The summed E-state index contributed by atoms with van der Waals surface area (Å²) in [5.41, 5.74) is 7.48. The molecule has 0 aromatic heterocycles. The van der Waals surface area contributed by atoms with Crippen LogP contribution in [0.2, 0.25) is 0 Å². The number of primary amides is 1. The fourth-order valence-electron chi connectivity index (χ4n) is 10.3. The fraction of sp³-hybridized carbons (Fsp3) is 0.469. The second-order valence-electron chi connectivity index (χ2n) is 25.1. The van der Waals surface area contributed by atoms with Gasteiger partial charge in [0.25, 0.3) is 15.9 Å². The second kappa shape index (κ2) is 28.7. The van der Waals surface area contributed by atoms with Crippen molar-refractivity contribution in [3.8, 4) is 11.1 Å². The molecule has 8 N–H and O–H groups in total. The predicted octanol–water partition coefficient (Wildman–Crippen LogP) is 8.10. The molecule has 1 aliphatic rings. The lowest BCUT2D eigenvalue weighted by atomic mass is 9.76. The highest BCUT2D eigenvalue weighted by Gasteiger charge is 2.46. The zero-order valence-electron chi connectivity index (χ0n) is 52.1. The molecule has 0 aliphatic heterocycles. The molecule has 0 bridgehead atoms. The number of benzene rings is 4. The van der Waals surface area contributed by atoms with E-state index in [-0.39, 0.29) is 54.0 Å². The van der Waals surface area contributed by atoms with Crippen molar-refractivity contribution in [3.05, 3.63) is 131 Å². The number of urea groups is 1. The standard InChI is InChI=1S/C64H87N9O12S/c1-38(2)50(72(14)58(78)52(62(6,7)8)70-57(77)53(73(15)61(81)85-63(9,10)11)64(12,13)41-24-17-16-18-25-41)36-40(5)54(74)71-86(82,83)43-33-31-42(32-34-43)67-55(75)49(30-23-35-66-59(65)79)68-56(76)51(39(3)4)69-60(80)84-37-48-46-28-21-19-26-44(46)45-27-20-22-29-47(45)48/h16-22,24-29,31-34,36,38-39,48-53H,23,30,35,37H2,1-15H3,(H,67,75)(H,68,76)(H,69,80)(H,70,77)(H,71,74)(H3,65,66,79)/b40-36+/t49-,50+,51-,52+,53+/m0/s1. The number of carbonyl (C=O) groups is 8. The van der Waals surface area contributed by atoms with Crippen molar-refractivity contribution >= 4 is 63.5 Å². The maximum Gasteiger partial charge on any atom is 0.410 e. The fourth-order valence-corrected chi connectivity index (χ4v) is 11.3. The molecule has 1 aliphatic carbocycles. The van der Waals surface area contributed by atoms with E-state index in [9.17, 15) is 46.8 Å². The number of anilines is 1. The van der Waals surface area contributed by atoms with Crippen LogP contribution in [0.4, 0.5) is 20.1 Å². The molecule has 0 fully saturated rings. The number of fused-ring (bicyclic) bond motifs is 3. The summed E-state index contributed by atoms with van der Waals surface area (Å²) in [6, 6.07) is 23.6. The number of amides is 9. The lowest BCUT2D eigenvalue weighted by Gasteiger charge is -2.42. The van der Waals surface area contributed by atoms with Crippen LogP contribution in [0.5, 0.6) is 0 Å². The van der Waals surface area contributed by atoms with Crippen molar-refractivity contribution in [3.63, 3.8) is 0 Å². The quantitative estimate of drug-likeness (QED) is 0.0259. The van der Waals surface area contributed by atoms with Crippen LogP contribution in [0, 0.1) is 17.3 Å². The monoisotopic (exact) mass is 1210 g/mol. The molecule has 5 atom stereocenters. The summed E-state index contributed by atoms with van der Waals surface area (Å²) in [6.45, 7) is 22.7. The largest absolute Gasteiger partial charge is 0.449 e. The Morgan fingerprint density at radius 3 is 1.77 bits per heavy atom. The smallest absolute Gasteiger partial charge is 0.410 e. The number of ether oxygens (including phenoxy) is 2. The lowest BCUT2D eigenvalue weighted by molar-refractivity contribution is -0.141. The number of alkyl carbamates (subject to hydrolysis) is 1. The SMILES string of the molecule is C/C(=C\[C@H](C(C)C)N(C)C(=O)[C@@H](NC(=O)[C@@H](N(C)C(=O)OC(C)(C)C)C(C)(C)c1ccccc1)C(C)(C)C)C(=O)NS(=O)(=O)c1ccc(NC(=O)[C@H](CCCNC(N)=O)NC(=O)[C@@H](NC(=O)OCC2c3ccccc3-c3ccccc32)C(C)C)cc1. The normalized spacial score (nSPS) is 14.5. The molecule has 4 aromatic rings. The number of carbonyl (C=O) groups excluding carboxylic acids is 8. The number of hydrogen-bond donors (Lipinski definition) is 7. The van der Waals surface area contributed by atoms with Crippen LogP contribution < -0.4 is 37.0 Å². The Hall–Kier alpha value is -8.27. The Labute approximate surface area is 506 Å². The van der Waals surface area contributed by atoms with Gasteiger partial charge in [0.15, 0.2) is 0 Å². The summed E-state index contributed by atoms with van der Waals surface area (Å²) in [5, 5.41) is 13.5. The number of nitrogens with one attached hydrogen (secondary N) is 6. The van der Waals surface area contributed by atoms with Crippen molar-refractivity contribution in [2.24, 2.45) is 23.0 Å². The highest BCUT2D eigenvalue weighted by atomic mass is 32.2. The Morgan fingerprint density at radius 1 is 0.686 bits per heavy atom. The maximum absolute atomic E-state index is 14.7. The van der Waals surface area contributed by atoms with Crippen LogP contribution in [0.25, 0.3) is 11.1 Å². The van der Waals surface area contributed by atoms with E-state index in [1.54, 1.807) is 55.4 Å². The van der Waals surface area contributed by atoms with Crippen LogP contribution >= 0.6 is 0 Å². The van der Waals surface area contributed by atoms with Crippen LogP contribution in [0.3, 0.4) is 0 Å². The molecule has 21 nitrogen and oxygen atoms in total. The van der Waals surface area contributed by atoms with Crippen molar-refractivity contribution in [1.29, 1.82) is 0 Å². The number of sulfonamides is 1. The third-order valence-electron chi connectivity index (χ3n) is 15.0. The molecule has 86 heavy (non-hydrogen) atoms. The topological polar surface area (TPSA) is 294 Å². The Bertz CT molecular complexity index is 3200. The zero-order chi connectivity index (χ0) is 64.2. The van der Waals surface area contributed by atoms with Gasteiger partial charge in [-0.25, -0.2) is 27.5 Å². The van der Waals surface area contributed by atoms with E-state index >= 15 is 0 Å². The number of nitrogens with zero attached hydrogens (tertiary/aromatic N) is 2. The average Bonchev–Trinajstić information content (AvgIpc) is 1.55. The van der Waals surface area contributed by atoms with Crippen LogP contribution in [0.1, 0.15) is 125 Å². The van der Waals surface area contributed by atoms with Crippen LogP contribution in [-0.2, 0) is 48.9 Å². The van der Waals surface area contributed by atoms with Gasteiger partial charge < -0.3 is 46.7 Å². The molecule has 0 spiro atoms. The summed E-state index contributed by atoms with van der Waals surface area (Å²) < 4.78 is 41.0. The van der Waals surface area contributed by atoms with E-state index in [1.165, 1.54) is 61.2 Å². The second-order valence-corrected chi connectivity index (χ2v) is 26.7. The van der Waals surface area contributed by atoms with Gasteiger partial charge in [-0.05, 0) is 110 Å². The summed E-state index contributed by atoms with van der Waals surface area (Å²) in [7, 11) is -1.53. The van der Waals surface area contributed by atoms with Gasteiger partial charge in [-0.2, -0.15) is 0 Å². The predicted molar refractivity (Wildman–Crippen MR) is 330 cm³/mol. The van der Waals surface area contributed by atoms with Crippen molar-refractivity contribution in [2.45, 2.75) is 155 Å². The van der Waals surface area contributed by atoms with Crippen LogP contribution in [-0.4, -0.2) is 129 Å². The molecule has 0 heterocycles. The Morgan fingerprint density at radius 2 is 1.24 bits per heavy atom. The van der Waals surface area contributed by atoms with Gasteiger partial charge in [0.05, 0.1) is 10.9 Å². The first-order valence-electron chi connectivity index (χ1n) is 28.8. The molecule has 4 aromatic carbocycles. The van der Waals surface area contributed by atoms with Gasteiger partial charge in [-0.1, -0.05) is 147 Å². The summed E-state index contributed by atoms with van der Waals surface area (Å²) in [5.74, 6) is -4.50. The minimum absolute atomic E-state index is 0.00752. The molecule has 0 radical (unpaired) electrons. The van der Waals surface area contributed by atoms with Crippen molar-refractivity contribution in [1.82, 2.24) is 35.8 Å². The summed E-state index contributed by atoms with van der Waals surface area (Å²) >= 11 is 0. The molecular weight excluding hydrogens is 1120 g/mol. The summed E-state index contributed by atoms with van der Waals surface area (Å²) in [6.07, 6.45) is 0.116. The van der Waals surface area contributed by atoms with Crippen LogP contribution in [0.15, 0.2) is 120 Å². The average molecular weight is 1210 g/mol. The maximum atomic E-state index is 14.7. The van der Waals surface area contributed by atoms with E-state index in [0.717, 1.165) is 27.8 Å². The molecule has 0 saturated heterocycles. The Kier molecular flexibility index (Phi) is 22.9. The molecule has 0 saturated carbocycles. The van der Waals surface area contributed by atoms with Gasteiger partial charge in [0.1, 0.15) is 36.4 Å². The van der Waals surface area contributed by atoms with Gasteiger partial charge >= 0.3 is 18.2 Å². The van der Waals surface area contributed by atoms with Gasteiger partial charge in [-0.15, -0.1) is 0 Å². The molecular formula is C64H87N9O12S. The molecule has 5 rings (SSSR count). The first-order chi connectivity index (χ1) is 40.0. The molecule has 9 amide bonds. The number of rotatable bonds is 24. The van der Waals surface area contributed by atoms with E-state index in [1.807, 2.05) is 107 Å². The van der Waals surface area contributed by atoms with E-state index in [0.29, 0.717) is 0 Å². The first-order valence-corrected chi connectivity index (χ1v) is 30.2. The van der Waals surface area contributed by atoms with E-state index < -0.39 is 110 Å². The highest BCUT2D eigenvalue weighted by molar-refractivity contribution is 7.90. The van der Waals surface area contributed by atoms with Crippen molar-refractivity contribution in [2.75, 3.05) is 32.6 Å². The Balaban J connectivity index is 1.27. The minimum atomic E-state index is -4.53. The van der Waals surface area contributed by atoms with Gasteiger partial charge in [0, 0.05) is 43.2 Å². The molecule has 466 valence electrons. The third-order valence-corrected chi connectivity index (χ3v) is 16.3. The number of hydrogen-bond acceptors (Lipinski definition) is 12. The number of likely N-dealkylation sites (N-methyl/N-ethyl adjacent to an activating group) is 2. The first kappa shape index (κ1) is 68.5. The lowest BCUT2D eigenvalue weighted by Crippen LogP contribution is -2.63. The highest BCUT2D eigenvalue weighted by Crippen LogP contribution is 2.44. The summed E-state index contributed by atoms with van der Waals surface area (Å²) in [4.78, 5) is 112. The zero-order valence-corrected chi connectivity index (χ0v) is 52.9. The molecule has 0 unspecified atom stereocenters. The van der Waals surface area contributed by atoms with Gasteiger partial charge in [-0.3, -0.25) is 28.9 Å².